The molecular formula is C65H45N. The molecule has 0 saturated heterocycles. The normalized spacial score (nSPS) is 12.4. The van der Waals surface area contributed by atoms with Crippen LogP contribution in [0.25, 0.3) is 66.4 Å². The summed E-state index contributed by atoms with van der Waals surface area (Å²) in [6.07, 6.45) is 0. The van der Waals surface area contributed by atoms with Crippen LogP contribution in [-0.2, 0) is 5.41 Å². The Hall–Kier alpha value is -8.52. The zero-order valence-corrected chi connectivity index (χ0v) is 36.4. The number of para-hydroxylation sites is 1. The van der Waals surface area contributed by atoms with Crippen LogP contribution < -0.4 is 4.90 Å². The van der Waals surface area contributed by atoms with E-state index in [4.69, 9.17) is 0 Å². The molecule has 0 saturated carbocycles. The first-order valence-electron chi connectivity index (χ1n) is 22.8. The van der Waals surface area contributed by atoms with Gasteiger partial charge in [0.25, 0.3) is 0 Å². The highest BCUT2D eigenvalue weighted by Gasteiger charge is 2.46. The first kappa shape index (κ1) is 39.1. The molecule has 0 spiro atoms. The minimum Gasteiger partial charge on any atom is -0.310 e. The smallest absolute Gasteiger partial charge is 0.0714 e. The fourth-order valence-electron chi connectivity index (χ4n) is 10.4. The molecule has 12 rings (SSSR count). The maximum absolute atomic E-state index is 2.46. The number of anilines is 3. The summed E-state index contributed by atoms with van der Waals surface area (Å²) in [6.45, 7) is 0. The molecule has 0 atom stereocenters. The van der Waals surface area contributed by atoms with E-state index >= 15 is 0 Å². The lowest BCUT2D eigenvalue weighted by Crippen LogP contribution is -2.28. The van der Waals surface area contributed by atoms with Crippen LogP contribution in [0.3, 0.4) is 0 Å². The summed E-state index contributed by atoms with van der Waals surface area (Å²) in [5.41, 5.74) is 19.9. The van der Waals surface area contributed by atoms with Gasteiger partial charge in [-0.2, -0.15) is 0 Å². The van der Waals surface area contributed by atoms with Gasteiger partial charge in [-0.25, -0.2) is 0 Å². The summed E-state index contributed by atoms with van der Waals surface area (Å²) in [5, 5.41) is 2.50. The molecule has 0 unspecified atom stereocenters. The van der Waals surface area contributed by atoms with E-state index in [1.54, 1.807) is 0 Å². The Morgan fingerprint density at radius 3 is 1.44 bits per heavy atom. The zero-order chi connectivity index (χ0) is 43.9. The van der Waals surface area contributed by atoms with Crippen LogP contribution in [0.1, 0.15) is 22.3 Å². The molecule has 0 N–H and O–H groups in total. The molecule has 310 valence electrons. The summed E-state index contributed by atoms with van der Waals surface area (Å²) in [4.78, 5) is 2.46. The summed E-state index contributed by atoms with van der Waals surface area (Å²) in [7, 11) is 0. The van der Waals surface area contributed by atoms with Crippen molar-refractivity contribution >= 4 is 27.8 Å². The van der Waals surface area contributed by atoms with Crippen molar-refractivity contribution in [1.29, 1.82) is 0 Å². The fraction of sp³-hybridized carbons (Fsp3) is 0.0154. The molecule has 0 bridgehead atoms. The van der Waals surface area contributed by atoms with Crippen molar-refractivity contribution < 1.29 is 0 Å². The third kappa shape index (κ3) is 6.73. The largest absolute Gasteiger partial charge is 0.310 e. The van der Waals surface area contributed by atoms with Gasteiger partial charge in [0.15, 0.2) is 0 Å². The van der Waals surface area contributed by atoms with Crippen molar-refractivity contribution in [2.45, 2.75) is 5.41 Å². The predicted molar refractivity (Wildman–Crippen MR) is 278 cm³/mol. The van der Waals surface area contributed by atoms with Gasteiger partial charge in [-0.15, -0.1) is 0 Å². The van der Waals surface area contributed by atoms with Crippen LogP contribution in [-0.4, -0.2) is 0 Å². The number of benzene rings is 11. The van der Waals surface area contributed by atoms with Crippen molar-refractivity contribution in [2.24, 2.45) is 0 Å². The minimum atomic E-state index is -0.525. The highest BCUT2D eigenvalue weighted by molar-refractivity contribution is 5.93. The highest BCUT2D eigenvalue weighted by atomic mass is 15.1. The van der Waals surface area contributed by atoms with Gasteiger partial charge in [0.05, 0.1) is 11.1 Å². The second-order valence-electron chi connectivity index (χ2n) is 17.2. The highest BCUT2D eigenvalue weighted by Crippen LogP contribution is 2.57. The summed E-state index contributed by atoms with van der Waals surface area (Å²) in [6, 6.07) is 100. The van der Waals surface area contributed by atoms with Crippen LogP contribution >= 0.6 is 0 Å². The third-order valence-electron chi connectivity index (χ3n) is 13.6. The van der Waals surface area contributed by atoms with E-state index in [-0.39, 0.29) is 0 Å². The number of hydrogen-bond acceptors (Lipinski definition) is 1. The third-order valence-corrected chi connectivity index (χ3v) is 13.6. The maximum atomic E-state index is 2.46. The Morgan fingerprint density at radius 1 is 0.242 bits per heavy atom. The van der Waals surface area contributed by atoms with Crippen LogP contribution in [0.15, 0.2) is 273 Å². The Morgan fingerprint density at radius 2 is 0.712 bits per heavy atom. The maximum Gasteiger partial charge on any atom is 0.0714 e. The van der Waals surface area contributed by atoms with E-state index in [0.717, 1.165) is 28.2 Å². The van der Waals surface area contributed by atoms with Gasteiger partial charge in [0.2, 0.25) is 0 Å². The first-order valence-corrected chi connectivity index (χ1v) is 22.8. The Balaban J connectivity index is 1.02. The first-order chi connectivity index (χ1) is 32.7. The molecule has 0 amide bonds. The molecule has 1 aliphatic carbocycles. The van der Waals surface area contributed by atoms with Gasteiger partial charge in [0.1, 0.15) is 0 Å². The van der Waals surface area contributed by atoms with Gasteiger partial charge >= 0.3 is 0 Å². The van der Waals surface area contributed by atoms with Crippen LogP contribution in [0.2, 0.25) is 0 Å². The van der Waals surface area contributed by atoms with E-state index < -0.39 is 5.41 Å². The summed E-state index contributed by atoms with van der Waals surface area (Å²) < 4.78 is 0. The molecule has 1 aliphatic rings. The average molecular weight is 840 g/mol. The van der Waals surface area contributed by atoms with Crippen molar-refractivity contribution in [1.82, 2.24) is 0 Å². The molecule has 0 aromatic heterocycles. The monoisotopic (exact) mass is 839 g/mol. The van der Waals surface area contributed by atoms with E-state index in [1.165, 1.54) is 77.5 Å². The Bertz CT molecular complexity index is 3460. The second-order valence-corrected chi connectivity index (χ2v) is 17.2. The number of nitrogens with zero attached hydrogens (tertiary/aromatic N) is 1. The Labute approximate surface area is 387 Å². The van der Waals surface area contributed by atoms with Crippen molar-refractivity contribution in [2.75, 3.05) is 4.90 Å². The van der Waals surface area contributed by atoms with Crippen molar-refractivity contribution in [3.8, 4) is 55.6 Å². The van der Waals surface area contributed by atoms with Gasteiger partial charge in [-0.3, -0.25) is 0 Å². The van der Waals surface area contributed by atoms with Crippen LogP contribution in [0.5, 0.6) is 0 Å². The lowest BCUT2D eigenvalue weighted by atomic mass is 9.67. The molecule has 66 heavy (non-hydrogen) atoms. The molecule has 11 aromatic carbocycles. The van der Waals surface area contributed by atoms with Gasteiger partial charge in [-0.05, 0) is 126 Å². The lowest BCUT2D eigenvalue weighted by molar-refractivity contribution is 0.768. The van der Waals surface area contributed by atoms with Crippen molar-refractivity contribution in [3.05, 3.63) is 295 Å². The van der Waals surface area contributed by atoms with E-state index in [9.17, 15) is 0 Å². The standard InChI is InChI=1S/C65H45N/c1-4-17-46(18-5-1)48-31-34-50(35-32-48)59-27-13-15-30-64(59)66(57-39-37-49(38-40-57)52-21-16-22-53(43-52)54-36-33-47-19-10-11-20-51(47)44-54)58-41-42-61-60-28-12-14-29-62(60)65(63(61)45-58,55-23-6-2-7-24-55)56-25-8-3-9-26-56/h1-45H. The number of fused-ring (bicyclic) bond motifs is 4. The fourth-order valence-corrected chi connectivity index (χ4v) is 10.4. The van der Waals surface area contributed by atoms with Crippen LogP contribution in [0, 0.1) is 0 Å². The molecule has 0 aliphatic heterocycles. The molecule has 0 fully saturated rings. The zero-order valence-electron chi connectivity index (χ0n) is 36.4. The van der Waals surface area contributed by atoms with E-state index in [2.05, 4.69) is 278 Å². The van der Waals surface area contributed by atoms with Crippen LogP contribution in [0.4, 0.5) is 17.1 Å². The topological polar surface area (TPSA) is 3.24 Å². The molecule has 0 radical (unpaired) electrons. The SMILES string of the molecule is c1ccc(-c2ccc(-c3ccccc3N(c3ccc(-c4cccc(-c5ccc6ccccc6c5)c4)cc3)c3ccc4c(c3)C(c3ccccc3)(c3ccccc3)c3ccccc3-4)cc2)cc1. The van der Waals surface area contributed by atoms with Crippen molar-refractivity contribution in [3.63, 3.8) is 0 Å². The predicted octanol–water partition coefficient (Wildman–Crippen LogP) is 17.3. The molecule has 1 heteroatoms. The molecule has 11 aromatic rings. The second kappa shape index (κ2) is 16.6. The number of hydrogen-bond donors (Lipinski definition) is 0. The summed E-state index contributed by atoms with van der Waals surface area (Å²) >= 11 is 0. The van der Waals surface area contributed by atoms with E-state index in [1.807, 2.05) is 0 Å². The minimum absolute atomic E-state index is 0.525. The average Bonchev–Trinajstić information content (AvgIpc) is 3.70. The molecular weight excluding hydrogens is 795 g/mol. The van der Waals surface area contributed by atoms with Gasteiger partial charge in [0, 0.05) is 16.9 Å². The lowest BCUT2D eigenvalue weighted by Gasteiger charge is -2.35. The van der Waals surface area contributed by atoms with Gasteiger partial charge in [-0.1, -0.05) is 231 Å². The number of rotatable bonds is 9. The molecule has 0 heterocycles. The van der Waals surface area contributed by atoms with E-state index in [0.29, 0.717) is 0 Å². The summed E-state index contributed by atoms with van der Waals surface area (Å²) in [5.74, 6) is 0. The molecule has 1 nitrogen and oxygen atoms in total. The quantitative estimate of drug-likeness (QED) is 0.140. The van der Waals surface area contributed by atoms with Gasteiger partial charge < -0.3 is 4.90 Å². The Kier molecular flexibility index (Phi) is 9.81.